The number of rotatable bonds is 4. The minimum atomic E-state index is -0.609. The summed E-state index contributed by atoms with van der Waals surface area (Å²) >= 11 is 0. The van der Waals surface area contributed by atoms with Crippen molar-refractivity contribution in [2.45, 2.75) is 13.0 Å². The zero-order chi connectivity index (χ0) is 21.8. The number of hydrogen-bond acceptors (Lipinski definition) is 3. The van der Waals surface area contributed by atoms with Crippen LogP contribution in [0, 0.1) is 5.82 Å². The second-order valence-electron chi connectivity index (χ2n) is 7.35. The lowest BCUT2D eigenvalue weighted by Gasteiger charge is -2.30. The summed E-state index contributed by atoms with van der Waals surface area (Å²) in [6.45, 7) is 0.777. The van der Waals surface area contributed by atoms with Crippen molar-refractivity contribution in [3.05, 3.63) is 106 Å². The van der Waals surface area contributed by atoms with E-state index >= 15 is 0 Å². The maximum Gasteiger partial charge on any atom is 0.274 e. The molecule has 0 atom stereocenters. The molecule has 5 nitrogen and oxygen atoms in total. The van der Waals surface area contributed by atoms with E-state index in [4.69, 9.17) is 5.21 Å². The maximum absolute atomic E-state index is 14.6. The van der Waals surface area contributed by atoms with Crippen LogP contribution in [0.4, 0.5) is 4.39 Å². The summed E-state index contributed by atoms with van der Waals surface area (Å²) in [4.78, 5) is 26.9. The molecule has 6 heteroatoms. The van der Waals surface area contributed by atoms with Gasteiger partial charge in [0.15, 0.2) is 0 Å². The van der Waals surface area contributed by atoms with E-state index in [1.807, 2.05) is 36.4 Å². The van der Waals surface area contributed by atoms with Gasteiger partial charge in [-0.1, -0.05) is 54.6 Å². The SMILES string of the molecule is O=C(NO)c1ccc2c(c1)CN(C(=O)/C(=C\c1ccccc1)c1ccccc1F)CC2. The van der Waals surface area contributed by atoms with Gasteiger partial charge >= 0.3 is 0 Å². The van der Waals surface area contributed by atoms with Crippen LogP contribution in [-0.2, 0) is 17.8 Å². The third kappa shape index (κ3) is 4.39. The molecule has 0 saturated heterocycles. The standard InChI is InChI=1S/C25H21FN2O3/c26-23-9-5-4-8-21(23)22(14-17-6-2-1-3-7-17)25(30)28-13-12-18-10-11-19(24(29)27-31)15-20(18)16-28/h1-11,14-15,31H,12-13,16H2,(H,27,29)/b22-14-. The number of hydroxylamine groups is 1. The highest BCUT2D eigenvalue weighted by atomic mass is 19.1. The molecular weight excluding hydrogens is 395 g/mol. The smallest absolute Gasteiger partial charge is 0.274 e. The third-order valence-electron chi connectivity index (χ3n) is 5.37. The van der Waals surface area contributed by atoms with Crippen molar-refractivity contribution >= 4 is 23.5 Å². The van der Waals surface area contributed by atoms with Crippen LogP contribution in [0.3, 0.4) is 0 Å². The van der Waals surface area contributed by atoms with Gasteiger partial charge in [0.25, 0.3) is 11.8 Å². The van der Waals surface area contributed by atoms with Gasteiger partial charge in [0.1, 0.15) is 5.82 Å². The minimum absolute atomic E-state index is 0.246. The molecule has 31 heavy (non-hydrogen) atoms. The Morgan fingerprint density at radius 1 is 0.968 bits per heavy atom. The van der Waals surface area contributed by atoms with E-state index in [0.29, 0.717) is 25.1 Å². The van der Waals surface area contributed by atoms with Crippen molar-refractivity contribution in [2.24, 2.45) is 0 Å². The number of nitrogens with zero attached hydrogens (tertiary/aromatic N) is 1. The monoisotopic (exact) mass is 416 g/mol. The summed E-state index contributed by atoms with van der Waals surface area (Å²) < 4.78 is 14.6. The number of hydrogen-bond donors (Lipinski definition) is 2. The van der Waals surface area contributed by atoms with Gasteiger partial charge in [-0.2, -0.15) is 0 Å². The van der Waals surface area contributed by atoms with Gasteiger partial charge in [0.05, 0.1) is 5.57 Å². The van der Waals surface area contributed by atoms with Crippen LogP contribution in [-0.4, -0.2) is 28.5 Å². The summed E-state index contributed by atoms with van der Waals surface area (Å²) in [7, 11) is 0. The van der Waals surface area contributed by atoms with Crippen LogP contribution >= 0.6 is 0 Å². The molecule has 0 unspecified atom stereocenters. The van der Waals surface area contributed by atoms with Crippen LogP contribution in [0.5, 0.6) is 0 Å². The van der Waals surface area contributed by atoms with Crippen LogP contribution in [0.25, 0.3) is 11.6 Å². The molecule has 1 heterocycles. The fourth-order valence-electron chi connectivity index (χ4n) is 3.76. The summed E-state index contributed by atoms with van der Waals surface area (Å²) in [5, 5.41) is 8.89. The van der Waals surface area contributed by atoms with Crippen molar-refractivity contribution in [1.82, 2.24) is 10.4 Å². The quantitative estimate of drug-likeness (QED) is 0.292. The fourth-order valence-corrected chi connectivity index (χ4v) is 3.76. The normalized spacial score (nSPS) is 13.5. The number of benzene rings is 3. The van der Waals surface area contributed by atoms with E-state index in [2.05, 4.69) is 0 Å². The van der Waals surface area contributed by atoms with Gasteiger partial charge in [-0.3, -0.25) is 14.8 Å². The lowest BCUT2D eigenvalue weighted by atomic mass is 9.95. The van der Waals surface area contributed by atoms with Crippen LogP contribution < -0.4 is 5.48 Å². The zero-order valence-corrected chi connectivity index (χ0v) is 16.7. The van der Waals surface area contributed by atoms with E-state index in [1.165, 1.54) is 6.07 Å². The van der Waals surface area contributed by atoms with E-state index in [0.717, 1.165) is 16.7 Å². The molecule has 2 N–H and O–H groups in total. The van der Waals surface area contributed by atoms with Gasteiger partial charge < -0.3 is 4.90 Å². The fraction of sp³-hybridized carbons (Fsp3) is 0.120. The Labute approximate surface area is 179 Å². The first-order valence-electron chi connectivity index (χ1n) is 9.94. The van der Waals surface area contributed by atoms with Crippen molar-refractivity contribution in [3.63, 3.8) is 0 Å². The van der Waals surface area contributed by atoms with Crippen molar-refractivity contribution in [3.8, 4) is 0 Å². The molecule has 0 saturated carbocycles. The number of halogens is 1. The number of carbonyl (C=O) groups excluding carboxylic acids is 2. The Bertz CT molecular complexity index is 1160. The highest BCUT2D eigenvalue weighted by Gasteiger charge is 2.26. The molecule has 4 rings (SSSR count). The summed E-state index contributed by atoms with van der Waals surface area (Å²) in [5.41, 5.74) is 5.12. The van der Waals surface area contributed by atoms with Crippen LogP contribution in [0.15, 0.2) is 72.8 Å². The average Bonchev–Trinajstić information content (AvgIpc) is 2.82. The number of amides is 2. The van der Waals surface area contributed by atoms with E-state index in [1.54, 1.807) is 46.8 Å². The van der Waals surface area contributed by atoms with Gasteiger partial charge in [0, 0.05) is 24.2 Å². The summed E-state index contributed by atoms with van der Waals surface area (Å²) in [5.74, 6) is -1.35. The highest BCUT2D eigenvalue weighted by molar-refractivity contribution is 6.24. The Morgan fingerprint density at radius 3 is 2.45 bits per heavy atom. The van der Waals surface area contributed by atoms with E-state index in [-0.39, 0.29) is 17.0 Å². The minimum Gasteiger partial charge on any atom is -0.334 e. The molecule has 2 amide bonds. The largest absolute Gasteiger partial charge is 0.334 e. The molecule has 0 bridgehead atoms. The van der Waals surface area contributed by atoms with Gasteiger partial charge in [0.2, 0.25) is 0 Å². The number of carbonyl (C=O) groups is 2. The molecule has 0 spiro atoms. The molecule has 3 aromatic rings. The lowest BCUT2D eigenvalue weighted by molar-refractivity contribution is -0.125. The third-order valence-corrected chi connectivity index (χ3v) is 5.37. The second-order valence-corrected chi connectivity index (χ2v) is 7.35. The topological polar surface area (TPSA) is 69.6 Å². The van der Waals surface area contributed by atoms with Gasteiger partial charge in [-0.05, 0) is 47.4 Å². The van der Waals surface area contributed by atoms with Crippen LogP contribution in [0.1, 0.15) is 32.6 Å². The Kier molecular flexibility index (Phi) is 5.91. The molecule has 0 aliphatic carbocycles. The first kappa shape index (κ1) is 20.5. The van der Waals surface area contributed by atoms with Crippen molar-refractivity contribution in [1.29, 1.82) is 0 Å². The first-order valence-corrected chi connectivity index (χ1v) is 9.94. The molecule has 156 valence electrons. The summed E-state index contributed by atoms with van der Waals surface area (Å²) in [6, 6.07) is 20.7. The maximum atomic E-state index is 14.6. The highest BCUT2D eigenvalue weighted by Crippen LogP contribution is 2.27. The predicted octanol–water partition coefficient (Wildman–Crippen LogP) is 4.07. The van der Waals surface area contributed by atoms with E-state index in [9.17, 15) is 14.0 Å². The van der Waals surface area contributed by atoms with Gasteiger partial charge in [-0.15, -0.1) is 0 Å². The Balaban J connectivity index is 1.69. The molecule has 1 aliphatic rings. The van der Waals surface area contributed by atoms with Crippen molar-refractivity contribution < 1.29 is 19.2 Å². The summed E-state index contributed by atoms with van der Waals surface area (Å²) in [6.07, 6.45) is 2.32. The molecule has 1 aliphatic heterocycles. The first-order chi connectivity index (χ1) is 15.1. The molecule has 0 fully saturated rings. The van der Waals surface area contributed by atoms with E-state index < -0.39 is 11.7 Å². The van der Waals surface area contributed by atoms with Gasteiger partial charge in [-0.25, -0.2) is 9.87 Å². The number of nitrogens with one attached hydrogen (secondary N) is 1. The second kappa shape index (κ2) is 8.93. The lowest BCUT2D eigenvalue weighted by Crippen LogP contribution is -2.36. The molecular formula is C25H21FN2O3. The Hall–Kier alpha value is -3.77. The average molecular weight is 416 g/mol. The Morgan fingerprint density at radius 2 is 1.71 bits per heavy atom. The predicted molar refractivity (Wildman–Crippen MR) is 116 cm³/mol. The van der Waals surface area contributed by atoms with Crippen molar-refractivity contribution in [2.75, 3.05) is 6.54 Å². The molecule has 3 aromatic carbocycles. The zero-order valence-electron chi connectivity index (χ0n) is 16.7. The molecule has 0 radical (unpaired) electrons. The van der Waals surface area contributed by atoms with Crippen LogP contribution in [0.2, 0.25) is 0 Å². The number of fused-ring (bicyclic) bond motifs is 1. The molecule has 0 aromatic heterocycles.